The number of halogens is 1. The summed E-state index contributed by atoms with van der Waals surface area (Å²) in [6, 6.07) is 6.82. The summed E-state index contributed by atoms with van der Waals surface area (Å²) in [5, 5.41) is 13.1. The summed E-state index contributed by atoms with van der Waals surface area (Å²) in [4.78, 5) is 2.39. The Balaban J connectivity index is 2.23. The molecule has 2 N–H and O–H groups in total. The van der Waals surface area contributed by atoms with E-state index in [1.807, 2.05) is 0 Å². The molecule has 1 heterocycles. The lowest BCUT2D eigenvalue weighted by atomic mass is 10.0. The van der Waals surface area contributed by atoms with Crippen LogP contribution in [-0.4, -0.2) is 30.8 Å². The van der Waals surface area contributed by atoms with Crippen LogP contribution < -0.4 is 10.2 Å². The Morgan fingerprint density at radius 3 is 2.74 bits per heavy atom. The van der Waals surface area contributed by atoms with Crippen LogP contribution in [0.15, 0.2) is 22.7 Å². The van der Waals surface area contributed by atoms with Gasteiger partial charge in [-0.25, -0.2) is 0 Å². The average molecular weight is 327 g/mol. The van der Waals surface area contributed by atoms with Crippen molar-refractivity contribution in [3.63, 3.8) is 0 Å². The normalized spacial score (nSPS) is 18.6. The van der Waals surface area contributed by atoms with Gasteiger partial charge < -0.3 is 15.3 Å². The molecule has 0 saturated carbocycles. The minimum atomic E-state index is -0.124. The predicted molar refractivity (Wildman–Crippen MR) is 83.7 cm³/mol. The fraction of sp³-hybridized carbons (Fsp3) is 0.600. The molecule has 1 fully saturated rings. The maximum absolute atomic E-state index is 9.63. The van der Waals surface area contributed by atoms with Crippen LogP contribution in [-0.2, 0) is 0 Å². The monoisotopic (exact) mass is 326 g/mol. The maximum atomic E-state index is 9.63. The van der Waals surface area contributed by atoms with E-state index in [1.165, 1.54) is 11.3 Å². The van der Waals surface area contributed by atoms with E-state index in [0.29, 0.717) is 6.04 Å². The third-order valence-corrected chi connectivity index (χ3v) is 4.26. The van der Waals surface area contributed by atoms with Crippen molar-refractivity contribution in [1.29, 1.82) is 0 Å². The van der Waals surface area contributed by atoms with Gasteiger partial charge in [0.25, 0.3) is 0 Å². The highest BCUT2D eigenvalue weighted by Gasteiger charge is 2.21. The minimum absolute atomic E-state index is 0.124. The van der Waals surface area contributed by atoms with Gasteiger partial charge in [-0.05, 0) is 50.1 Å². The third kappa shape index (κ3) is 3.71. The van der Waals surface area contributed by atoms with Gasteiger partial charge in [0.15, 0.2) is 0 Å². The molecule has 1 aliphatic heterocycles. The van der Waals surface area contributed by atoms with Gasteiger partial charge in [0.1, 0.15) is 0 Å². The van der Waals surface area contributed by atoms with Crippen molar-refractivity contribution in [3.05, 3.63) is 28.2 Å². The Kier molecular flexibility index (Phi) is 5.25. The molecule has 0 bridgehead atoms. The molecule has 4 heteroatoms. The maximum Gasteiger partial charge on any atom is 0.0574 e. The number of nitrogens with zero attached hydrogens (tertiary/aromatic N) is 1. The Morgan fingerprint density at radius 2 is 2.11 bits per heavy atom. The SMILES string of the molecule is CCNC(C)c1cc(Br)ccc1N1CCC(O)CC1. The second-order valence-corrected chi connectivity index (χ2v) is 6.12. The van der Waals surface area contributed by atoms with Gasteiger partial charge in [-0.1, -0.05) is 22.9 Å². The van der Waals surface area contributed by atoms with Crippen molar-refractivity contribution in [2.75, 3.05) is 24.5 Å². The van der Waals surface area contributed by atoms with E-state index in [2.05, 4.69) is 58.2 Å². The molecular formula is C15H23BrN2O. The van der Waals surface area contributed by atoms with Crippen LogP contribution in [0.3, 0.4) is 0 Å². The number of aliphatic hydroxyl groups excluding tert-OH is 1. The van der Waals surface area contributed by atoms with Crippen LogP contribution in [0.2, 0.25) is 0 Å². The molecule has 1 atom stereocenters. The lowest BCUT2D eigenvalue weighted by Gasteiger charge is -2.34. The van der Waals surface area contributed by atoms with Gasteiger partial charge in [0.05, 0.1) is 6.10 Å². The molecule has 2 rings (SSSR count). The van der Waals surface area contributed by atoms with Crippen LogP contribution in [0.25, 0.3) is 0 Å². The highest BCUT2D eigenvalue weighted by atomic mass is 79.9. The largest absolute Gasteiger partial charge is 0.393 e. The van der Waals surface area contributed by atoms with Crippen LogP contribution >= 0.6 is 15.9 Å². The first-order valence-electron chi connectivity index (χ1n) is 7.07. The number of piperidine rings is 1. The number of nitrogens with one attached hydrogen (secondary N) is 1. The number of anilines is 1. The fourth-order valence-electron chi connectivity index (χ4n) is 2.68. The lowest BCUT2D eigenvalue weighted by Crippen LogP contribution is -2.36. The van der Waals surface area contributed by atoms with E-state index in [0.717, 1.165) is 36.9 Å². The van der Waals surface area contributed by atoms with Crippen molar-refractivity contribution < 1.29 is 5.11 Å². The van der Waals surface area contributed by atoms with E-state index in [-0.39, 0.29) is 6.10 Å². The van der Waals surface area contributed by atoms with E-state index >= 15 is 0 Å². The summed E-state index contributed by atoms with van der Waals surface area (Å²) in [6.45, 7) is 7.17. The summed E-state index contributed by atoms with van der Waals surface area (Å²) in [7, 11) is 0. The molecule has 0 radical (unpaired) electrons. The summed E-state index contributed by atoms with van der Waals surface area (Å²) >= 11 is 3.56. The molecule has 0 spiro atoms. The molecule has 0 amide bonds. The first kappa shape index (κ1) is 14.8. The van der Waals surface area contributed by atoms with Gasteiger partial charge in [-0.2, -0.15) is 0 Å². The Labute approximate surface area is 124 Å². The second kappa shape index (κ2) is 6.73. The standard InChI is InChI=1S/C15H23BrN2O/c1-3-17-11(2)14-10-12(16)4-5-15(14)18-8-6-13(19)7-9-18/h4-5,10-11,13,17,19H,3,6-9H2,1-2H3. The van der Waals surface area contributed by atoms with Crippen molar-refractivity contribution in [3.8, 4) is 0 Å². The zero-order valence-electron chi connectivity index (χ0n) is 11.7. The number of hydrogen-bond acceptors (Lipinski definition) is 3. The van der Waals surface area contributed by atoms with Gasteiger partial charge >= 0.3 is 0 Å². The average Bonchev–Trinajstić information content (AvgIpc) is 2.40. The topological polar surface area (TPSA) is 35.5 Å². The third-order valence-electron chi connectivity index (χ3n) is 3.77. The van der Waals surface area contributed by atoms with E-state index in [4.69, 9.17) is 0 Å². The number of aliphatic hydroxyl groups is 1. The molecule has 3 nitrogen and oxygen atoms in total. The highest BCUT2D eigenvalue weighted by Crippen LogP contribution is 2.31. The first-order chi connectivity index (χ1) is 9.11. The van der Waals surface area contributed by atoms with Gasteiger partial charge in [-0.3, -0.25) is 0 Å². The number of benzene rings is 1. The molecule has 19 heavy (non-hydrogen) atoms. The summed E-state index contributed by atoms with van der Waals surface area (Å²) in [6.07, 6.45) is 1.61. The zero-order chi connectivity index (χ0) is 13.8. The summed E-state index contributed by atoms with van der Waals surface area (Å²) < 4.78 is 1.12. The molecule has 0 aromatic heterocycles. The summed E-state index contributed by atoms with van der Waals surface area (Å²) in [5.41, 5.74) is 2.62. The van der Waals surface area contributed by atoms with Crippen molar-refractivity contribution >= 4 is 21.6 Å². The smallest absolute Gasteiger partial charge is 0.0574 e. The molecule has 1 saturated heterocycles. The molecular weight excluding hydrogens is 304 g/mol. The van der Waals surface area contributed by atoms with E-state index in [9.17, 15) is 5.11 Å². The second-order valence-electron chi connectivity index (χ2n) is 5.20. The molecule has 0 aliphatic carbocycles. The Hall–Kier alpha value is -0.580. The van der Waals surface area contributed by atoms with Gasteiger partial charge in [-0.15, -0.1) is 0 Å². The molecule has 1 unspecified atom stereocenters. The van der Waals surface area contributed by atoms with Crippen LogP contribution in [0.4, 0.5) is 5.69 Å². The van der Waals surface area contributed by atoms with Gasteiger partial charge in [0, 0.05) is 29.3 Å². The minimum Gasteiger partial charge on any atom is -0.393 e. The van der Waals surface area contributed by atoms with Crippen molar-refractivity contribution in [2.24, 2.45) is 0 Å². The quantitative estimate of drug-likeness (QED) is 0.892. The highest BCUT2D eigenvalue weighted by molar-refractivity contribution is 9.10. The molecule has 1 aromatic carbocycles. The summed E-state index contributed by atoms with van der Waals surface area (Å²) in [5.74, 6) is 0. The molecule has 1 aliphatic rings. The predicted octanol–water partition coefficient (Wildman–Crippen LogP) is 3.08. The zero-order valence-corrected chi connectivity index (χ0v) is 13.3. The van der Waals surface area contributed by atoms with Crippen LogP contribution in [0.5, 0.6) is 0 Å². The number of rotatable bonds is 4. The van der Waals surface area contributed by atoms with Crippen LogP contribution in [0.1, 0.15) is 38.3 Å². The Bertz CT molecular complexity index is 417. The number of hydrogen-bond donors (Lipinski definition) is 2. The van der Waals surface area contributed by atoms with E-state index in [1.54, 1.807) is 0 Å². The van der Waals surface area contributed by atoms with Crippen LogP contribution in [0, 0.1) is 0 Å². The van der Waals surface area contributed by atoms with Gasteiger partial charge in [0.2, 0.25) is 0 Å². The van der Waals surface area contributed by atoms with E-state index < -0.39 is 0 Å². The first-order valence-corrected chi connectivity index (χ1v) is 7.87. The fourth-order valence-corrected chi connectivity index (χ4v) is 3.06. The molecule has 1 aromatic rings. The Morgan fingerprint density at radius 1 is 1.42 bits per heavy atom. The molecule has 106 valence electrons. The lowest BCUT2D eigenvalue weighted by molar-refractivity contribution is 0.145. The van der Waals surface area contributed by atoms with Crippen molar-refractivity contribution in [2.45, 2.75) is 38.8 Å². The van der Waals surface area contributed by atoms with Crippen molar-refractivity contribution in [1.82, 2.24) is 5.32 Å².